The first-order valence-corrected chi connectivity index (χ1v) is 18.6. The number of ketones is 2. The van der Waals surface area contributed by atoms with Crippen LogP contribution in [0.1, 0.15) is 46.6 Å². The third-order valence-corrected chi connectivity index (χ3v) is 12.4. The van der Waals surface area contributed by atoms with E-state index in [-0.39, 0.29) is 40.5 Å². The fourth-order valence-electron chi connectivity index (χ4n) is 9.49. The van der Waals surface area contributed by atoms with Crippen LogP contribution in [0.2, 0.25) is 0 Å². The number of halogens is 7. The lowest BCUT2D eigenvalue weighted by Crippen LogP contribution is -2.58. The Morgan fingerprint density at radius 2 is 1.42 bits per heavy atom. The van der Waals surface area contributed by atoms with Gasteiger partial charge in [0, 0.05) is 17.4 Å². The number of hydrogen-bond donors (Lipinski definition) is 1. The Morgan fingerprint density at radius 1 is 0.807 bits per heavy atom. The SMILES string of the molecule is COc1cc([C@H]2C3=CC[C@@H]4C(=O)N(c5cc(C(F)(F)F)cc(C(F)(F)F)c5)C(=O)[C@@H]4[C@@H]3C[C@H]3C(=O)C(c4ccccc4)=CC(=O)[C@@]23c2ccccc2)cc(Br)c1O. The van der Waals surface area contributed by atoms with Crippen LogP contribution in [0.4, 0.5) is 32.0 Å². The topological polar surface area (TPSA) is 101 Å². The van der Waals surface area contributed by atoms with Crippen LogP contribution < -0.4 is 9.64 Å². The Balaban J connectivity index is 1.35. The Kier molecular flexibility index (Phi) is 9.13. The van der Waals surface area contributed by atoms with Gasteiger partial charge >= 0.3 is 12.4 Å². The highest BCUT2D eigenvalue weighted by molar-refractivity contribution is 9.10. The van der Waals surface area contributed by atoms with Crippen LogP contribution in [-0.4, -0.2) is 35.6 Å². The number of fused-ring (bicyclic) bond motifs is 4. The highest BCUT2D eigenvalue weighted by Crippen LogP contribution is 2.64. The zero-order chi connectivity index (χ0) is 40.8. The van der Waals surface area contributed by atoms with Crippen molar-refractivity contribution in [3.05, 3.63) is 141 Å². The fourth-order valence-corrected chi connectivity index (χ4v) is 9.95. The molecule has 0 aromatic heterocycles. The zero-order valence-corrected chi connectivity index (χ0v) is 31.3. The minimum absolute atomic E-state index is 0.0222. The largest absolute Gasteiger partial charge is 0.503 e. The summed E-state index contributed by atoms with van der Waals surface area (Å²) in [5, 5.41) is 10.8. The number of methoxy groups -OCH3 is 1. The molecule has 7 nitrogen and oxygen atoms in total. The van der Waals surface area contributed by atoms with Crippen molar-refractivity contribution in [3.8, 4) is 11.5 Å². The number of imide groups is 1. The minimum Gasteiger partial charge on any atom is -0.503 e. The van der Waals surface area contributed by atoms with Gasteiger partial charge in [-0.1, -0.05) is 72.3 Å². The van der Waals surface area contributed by atoms with Crippen LogP contribution in [0.15, 0.2) is 113 Å². The minimum atomic E-state index is -5.24. The second kappa shape index (κ2) is 13.6. The number of phenols is 1. The van der Waals surface area contributed by atoms with Gasteiger partial charge in [0.05, 0.1) is 45.6 Å². The molecule has 0 unspecified atom stereocenters. The number of hydrogen-bond acceptors (Lipinski definition) is 6. The molecule has 1 N–H and O–H groups in total. The molecule has 1 saturated carbocycles. The van der Waals surface area contributed by atoms with Gasteiger partial charge in [-0.3, -0.25) is 19.2 Å². The van der Waals surface area contributed by atoms with E-state index in [1.807, 2.05) is 0 Å². The van der Waals surface area contributed by atoms with E-state index in [4.69, 9.17) is 4.74 Å². The first-order chi connectivity index (χ1) is 27.0. The molecule has 0 bridgehead atoms. The third-order valence-electron chi connectivity index (χ3n) is 11.8. The number of aromatic hydroxyl groups is 1. The first kappa shape index (κ1) is 38.4. The molecule has 1 heterocycles. The Labute approximate surface area is 329 Å². The van der Waals surface area contributed by atoms with Crippen LogP contribution in [0.5, 0.6) is 11.5 Å². The molecule has 292 valence electrons. The van der Waals surface area contributed by atoms with Crippen LogP contribution >= 0.6 is 15.9 Å². The summed E-state index contributed by atoms with van der Waals surface area (Å²) >= 11 is 3.38. The summed E-state index contributed by atoms with van der Waals surface area (Å²) in [5.41, 5.74) is -3.95. The van der Waals surface area contributed by atoms with Gasteiger partial charge in [-0.25, -0.2) is 4.90 Å². The normalized spacial score (nSPS) is 26.0. The van der Waals surface area contributed by atoms with Crippen molar-refractivity contribution in [2.75, 3.05) is 12.0 Å². The maximum atomic E-state index is 15.2. The number of anilines is 1. The molecule has 1 saturated heterocycles. The number of alkyl halides is 6. The number of Topliss-reactive ketones (excluding diaryl/α,β-unsaturated/α-hetero) is 1. The summed E-state index contributed by atoms with van der Waals surface area (Å²) in [4.78, 5) is 59.4. The van der Waals surface area contributed by atoms with E-state index in [9.17, 15) is 41.0 Å². The lowest BCUT2D eigenvalue weighted by atomic mass is 9.44. The molecule has 8 rings (SSSR count). The van der Waals surface area contributed by atoms with Crippen molar-refractivity contribution >= 4 is 50.6 Å². The number of carbonyl (C=O) groups is 4. The van der Waals surface area contributed by atoms with Crippen molar-refractivity contribution in [2.45, 2.75) is 36.5 Å². The zero-order valence-electron chi connectivity index (χ0n) is 29.7. The molecule has 4 aromatic carbocycles. The van der Waals surface area contributed by atoms with Crippen molar-refractivity contribution < 1.29 is 55.4 Å². The van der Waals surface area contributed by atoms with Crippen LogP contribution in [0.3, 0.4) is 0 Å². The van der Waals surface area contributed by atoms with Crippen molar-refractivity contribution in [1.29, 1.82) is 0 Å². The molecule has 14 heteroatoms. The van der Waals surface area contributed by atoms with Gasteiger partial charge in [0.1, 0.15) is 0 Å². The molecule has 0 spiro atoms. The number of rotatable bonds is 5. The number of benzene rings is 4. The van der Waals surface area contributed by atoms with Gasteiger partial charge in [0.25, 0.3) is 0 Å². The monoisotopic (exact) mass is 849 g/mol. The molecule has 57 heavy (non-hydrogen) atoms. The Morgan fingerprint density at radius 3 is 2.02 bits per heavy atom. The summed E-state index contributed by atoms with van der Waals surface area (Å²) in [6.07, 6.45) is -7.76. The predicted molar refractivity (Wildman–Crippen MR) is 198 cm³/mol. The molecular formula is C43H30BrF6NO6. The summed E-state index contributed by atoms with van der Waals surface area (Å²) < 4.78 is 89.4. The van der Waals surface area contributed by atoms with E-state index >= 15 is 9.59 Å². The van der Waals surface area contributed by atoms with E-state index in [1.165, 1.54) is 19.3 Å². The number of ether oxygens (including phenoxy) is 1. The highest BCUT2D eigenvalue weighted by Gasteiger charge is 2.66. The molecule has 2 amide bonds. The molecule has 4 aliphatic rings. The second-order valence-electron chi connectivity index (χ2n) is 14.6. The number of allylic oxidation sites excluding steroid dienone is 4. The smallest absolute Gasteiger partial charge is 0.416 e. The predicted octanol–water partition coefficient (Wildman–Crippen LogP) is 9.23. The maximum Gasteiger partial charge on any atom is 0.416 e. The second-order valence-corrected chi connectivity index (χ2v) is 15.5. The summed E-state index contributed by atoms with van der Waals surface area (Å²) in [6.45, 7) is 0. The first-order valence-electron chi connectivity index (χ1n) is 17.8. The summed E-state index contributed by atoms with van der Waals surface area (Å²) in [6, 6.07) is 20.9. The lowest BCUT2D eigenvalue weighted by molar-refractivity contribution is -0.143. The molecule has 6 atom stereocenters. The van der Waals surface area contributed by atoms with Crippen LogP contribution in [-0.2, 0) is 36.9 Å². The molecule has 3 aliphatic carbocycles. The molecule has 2 fully saturated rings. The molecule has 4 aromatic rings. The van der Waals surface area contributed by atoms with Crippen molar-refractivity contribution in [1.82, 2.24) is 0 Å². The van der Waals surface area contributed by atoms with Gasteiger partial charge in [-0.15, -0.1) is 0 Å². The lowest BCUT2D eigenvalue weighted by Gasteiger charge is -2.55. The van der Waals surface area contributed by atoms with Gasteiger partial charge in [0.15, 0.2) is 23.1 Å². The third kappa shape index (κ3) is 5.93. The summed E-state index contributed by atoms with van der Waals surface area (Å²) in [5.74, 6) is -8.78. The quantitative estimate of drug-likeness (QED) is 0.122. The van der Waals surface area contributed by atoms with Gasteiger partial charge in [0.2, 0.25) is 11.8 Å². The number of carbonyl (C=O) groups excluding carboxylic acids is 4. The number of amides is 2. The van der Waals surface area contributed by atoms with E-state index in [0.29, 0.717) is 39.3 Å². The molecular weight excluding hydrogens is 820 g/mol. The van der Waals surface area contributed by atoms with E-state index < -0.39 is 87.6 Å². The van der Waals surface area contributed by atoms with Crippen molar-refractivity contribution in [3.63, 3.8) is 0 Å². The standard InChI is InChI=1S/C43H30BrF6NO6/c1-57-33-15-22(14-32(44)38(33)54)36-27-12-13-28-35(40(56)51(39(28)55)26-17-24(42(45,46)47)16-25(18-26)43(48,49)50)30(27)19-31-37(53)29(21-8-4-2-5-9-21)20-34(52)41(31,36)23-10-6-3-7-11-23/h2-12,14-18,20,28,30-31,35-36,54H,13,19H2,1H3/t28-,30+,31-,35-,36-,41-/m0/s1. The molecule has 1 aliphatic heterocycles. The van der Waals surface area contributed by atoms with Crippen LogP contribution in [0.25, 0.3) is 5.57 Å². The maximum absolute atomic E-state index is 15.2. The van der Waals surface area contributed by atoms with Crippen LogP contribution in [0, 0.1) is 23.7 Å². The number of phenolic OH excluding ortho intramolecular Hbond substituents is 1. The average molecular weight is 851 g/mol. The van der Waals surface area contributed by atoms with E-state index in [0.717, 1.165) is 0 Å². The van der Waals surface area contributed by atoms with E-state index in [2.05, 4.69) is 15.9 Å². The van der Waals surface area contributed by atoms with E-state index in [1.54, 1.807) is 72.8 Å². The van der Waals surface area contributed by atoms with Gasteiger partial charge in [-0.05, 0) is 87.8 Å². The highest BCUT2D eigenvalue weighted by atomic mass is 79.9. The molecule has 0 radical (unpaired) electrons. The van der Waals surface area contributed by atoms with Gasteiger partial charge in [-0.2, -0.15) is 26.3 Å². The Bertz CT molecular complexity index is 2400. The number of nitrogens with zero attached hydrogens (tertiary/aromatic N) is 1. The van der Waals surface area contributed by atoms with Gasteiger partial charge < -0.3 is 9.84 Å². The average Bonchev–Trinajstić information content (AvgIpc) is 3.44. The fraction of sp³-hybridized carbons (Fsp3) is 0.256. The summed E-state index contributed by atoms with van der Waals surface area (Å²) in [7, 11) is 1.33. The van der Waals surface area contributed by atoms with Crippen molar-refractivity contribution in [2.24, 2.45) is 23.7 Å². The Hall–Kier alpha value is -5.50.